The van der Waals surface area contributed by atoms with E-state index < -0.39 is 11.8 Å². The molecule has 0 radical (unpaired) electrons. The van der Waals surface area contributed by atoms with Crippen molar-refractivity contribution < 1.29 is 28.2 Å². The van der Waals surface area contributed by atoms with Crippen molar-refractivity contribution in [1.29, 1.82) is 0 Å². The van der Waals surface area contributed by atoms with Crippen LogP contribution in [0.2, 0.25) is 0 Å². The van der Waals surface area contributed by atoms with E-state index in [4.69, 9.17) is 18.6 Å². The number of carbonyl (C=O) groups is 2. The van der Waals surface area contributed by atoms with Crippen molar-refractivity contribution in [2.75, 3.05) is 21.3 Å². The fourth-order valence-electron chi connectivity index (χ4n) is 3.90. The van der Waals surface area contributed by atoms with Crippen LogP contribution in [0.25, 0.3) is 17.4 Å². The summed E-state index contributed by atoms with van der Waals surface area (Å²) >= 11 is 0. The lowest BCUT2D eigenvalue weighted by molar-refractivity contribution is -0.117. The number of aryl methyl sites for hydroxylation is 1. The number of methoxy groups -OCH3 is 3. The standard InChI is InChI=1S/C31H30N2O6/c1-20-10-12-22(13-11-20)26-15-14-24(39-26)18-25(33-30(34)23-8-6-5-7-9-23)31(35)32-19-21-16-27(36-2)29(38-4)28(17-21)37-3/h5-18H,19H2,1-4H3,(H,32,35)(H,33,34). The largest absolute Gasteiger partial charge is 0.493 e. The zero-order chi connectivity index (χ0) is 27.8. The van der Waals surface area contributed by atoms with Crippen molar-refractivity contribution in [3.63, 3.8) is 0 Å². The van der Waals surface area contributed by atoms with Crippen LogP contribution in [0.15, 0.2) is 89.0 Å². The molecule has 0 saturated heterocycles. The van der Waals surface area contributed by atoms with E-state index in [2.05, 4.69) is 10.6 Å². The van der Waals surface area contributed by atoms with Gasteiger partial charge in [0, 0.05) is 23.7 Å². The predicted molar refractivity (Wildman–Crippen MR) is 149 cm³/mol. The number of carbonyl (C=O) groups excluding carboxylic acids is 2. The Labute approximate surface area is 227 Å². The Balaban J connectivity index is 1.59. The quantitative estimate of drug-likeness (QED) is 0.270. The second kappa shape index (κ2) is 12.5. The Morgan fingerprint density at radius 2 is 1.51 bits per heavy atom. The van der Waals surface area contributed by atoms with Gasteiger partial charge >= 0.3 is 0 Å². The summed E-state index contributed by atoms with van der Waals surface area (Å²) in [6.07, 6.45) is 1.50. The number of amides is 2. The summed E-state index contributed by atoms with van der Waals surface area (Å²) in [5.74, 6) is 1.52. The van der Waals surface area contributed by atoms with Crippen molar-refractivity contribution >= 4 is 17.9 Å². The molecule has 2 N–H and O–H groups in total. The molecule has 4 aromatic rings. The second-order valence-corrected chi connectivity index (χ2v) is 8.66. The average molecular weight is 527 g/mol. The Bertz CT molecular complexity index is 1450. The van der Waals surface area contributed by atoms with E-state index >= 15 is 0 Å². The van der Waals surface area contributed by atoms with Crippen molar-refractivity contribution in [2.24, 2.45) is 0 Å². The molecule has 8 nitrogen and oxygen atoms in total. The third kappa shape index (κ3) is 6.67. The normalized spacial score (nSPS) is 11.0. The lowest BCUT2D eigenvalue weighted by Crippen LogP contribution is -2.34. The van der Waals surface area contributed by atoms with Crippen LogP contribution in [0.1, 0.15) is 27.2 Å². The molecule has 0 bridgehead atoms. The second-order valence-electron chi connectivity index (χ2n) is 8.66. The molecule has 2 amide bonds. The van der Waals surface area contributed by atoms with Crippen LogP contribution in [-0.2, 0) is 11.3 Å². The van der Waals surface area contributed by atoms with Crippen LogP contribution >= 0.6 is 0 Å². The summed E-state index contributed by atoms with van der Waals surface area (Å²) in [4.78, 5) is 26.2. The van der Waals surface area contributed by atoms with E-state index in [-0.39, 0.29) is 12.2 Å². The van der Waals surface area contributed by atoms with E-state index in [9.17, 15) is 9.59 Å². The number of rotatable bonds is 10. The van der Waals surface area contributed by atoms with Gasteiger partial charge in [-0.1, -0.05) is 48.0 Å². The van der Waals surface area contributed by atoms with E-state index in [0.717, 1.165) is 11.1 Å². The summed E-state index contributed by atoms with van der Waals surface area (Å²) in [6.45, 7) is 2.15. The zero-order valence-electron chi connectivity index (χ0n) is 22.2. The molecule has 0 aliphatic heterocycles. The number of nitrogens with one attached hydrogen (secondary N) is 2. The molecule has 0 aliphatic rings. The highest BCUT2D eigenvalue weighted by Crippen LogP contribution is 2.38. The van der Waals surface area contributed by atoms with E-state index in [1.807, 2.05) is 43.3 Å². The van der Waals surface area contributed by atoms with Crippen molar-refractivity contribution in [2.45, 2.75) is 13.5 Å². The molecule has 39 heavy (non-hydrogen) atoms. The van der Waals surface area contributed by atoms with Crippen molar-refractivity contribution in [3.05, 3.63) is 107 Å². The molecule has 4 rings (SSSR count). The number of furan rings is 1. The van der Waals surface area contributed by atoms with Crippen LogP contribution in [0.5, 0.6) is 17.2 Å². The van der Waals surface area contributed by atoms with Crippen molar-refractivity contribution in [1.82, 2.24) is 10.6 Å². The van der Waals surface area contributed by atoms with Crippen molar-refractivity contribution in [3.8, 4) is 28.6 Å². The van der Waals surface area contributed by atoms with Crippen LogP contribution < -0.4 is 24.8 Å². The summed E-state index contributed by atoms with van der Waals surface area (Å²) in [5.41, 5.74) is 3.20. The third-order valence-corrected chi connectivity index (χ3v) is 5.96. The molecule has 8 heteroatoms. The monoisotopic (exact) mass is 526 g/mol. The molecule has 0 atom stereocenters. The number of hydrogen-bond acceptors (Lipinski definition) is 6. The van der Waals surface area contributed by atoms with Gasteiger partial charge in [0.2, 0.25) is 5.75 Å². The first-order chi connectivity index (χ1) is 18.9. The van der Waals surface area contributed by atoms with Gasteiger partial charge in [0.15, 0.2) is 11.5 Å². The molecule has 0 spiro atoms. The molecular formula is C31H30N2O6. The summed E-state index contributed by atoms with van der Waals surface area (Å²) in [7, 11) is 4.56. The van der Waals surface area contributed by atoms with E-state index in [0.29, 0.717) is 39.9 Å². The third-order valence-electron chi connectivity index (χ3n) is 5.96. The van der Waals surface area contributed by atoms with Crippen LogP contribution in [-0.4, -0.2) is 33.1 Å². The highest BCUT2D eigenvalue weighted by atomic mass is 16.5. The SMILES string of the molecule is COc1cc(CNC(=O)C(=Cc2ccc(-c3ccc(C)cc3)o2)NC(=O)c2ccccc2)cc(OC)c1OC. The Kier molecular flexibility index (Phi) is 8.68. The predicted octanol–water partition coefficient (Wildman–Crippen LogP) is 5.37. The maximum atomic E-state index is 13.3. The molecule has 3 aromatic carbocycles. The average Bonchev–Trinajstić information content (AvgIpc) is 3.44. The van der Waals surface area contributed by atoms with Crippen LogP contribution in [0, 0.1) is 6.92 Å². The maximum Gasteiger partial charge on any atom is 0.268 e. The molecule has 0 aliphatic carbocycles. The smallest absolute Gasteiger partial charge is 0.268 e. The minimum absolute atomic E-state index is 0.0288. The minimum atomic E-state index is -0.499. The van der Waals surface area contributed by atoms with Crippen LogP contribution in [0.3, 0.4) is 0 Å². The molecule has 1 aromatic heterocycles. The number of hydrogen-bond donors (Lipinski definition) is 2. The van der Waals surface area contributed by atoms with Gasteiger partial charge in [0.25, 0.3) is 11.8 Å². The number of benzene rings is 3. The van der Waals surface area contributed by atoms with Gasteiger partial charge in [-0.3, -0.25) is 9.59 Å². The zero-order valence-corrected chi connectivity index (χ0v) is 22.2. The topological polar surface area (TPSA) is 99.0 Å². The molecule has 0 fully saturated rings. The fraction of sp³-hybridized carbons (Fsp3) is 0.161. The summed E-state index contributed by atoms with van der Waals surface area (Å²) in [6, 6.07) is 23.6. The molecule has 0 unspecified atom stereocenters. The van der Waals surface area contributed by atoms with Gasteiger partial charge in [-0.05, 0) is 48.9 Å². The molecule has 1 heterocycles. The first-order valence-electron chi connectivity index (χ1n) is 12.2. The minimum Gasteiger partial charge on any atom is -0.493 e. The number of ether oxygens (including phenoxy) is 3. The first kappa shape index (κ1) is 27.1. The van der Waals surface area contributed by atoms with E-state index in [1.54, 1.807) is 42.5 Å². The summed E-state index contributed by atoms with van der Waals surface area (Å²) < 4.78 is 22.1. The van der Waals surface area contributed by atoms with E-state index in [1.165, 1.54) is 27.4 Å². The van der Waals surface area contributed by atoms with Gasteiger partial charge in [-0.25, -0.2) is 0 Å². The van der Waals surface area contributed by atoms with Gasteiger partial charge in [-0.15, -0.1) is 0 Å². The Morgan fingerprint density at radius 1 is 0.846 bits per heavy atom. The van der Waals surface area contributed by atoms with Gasteiger partial charge in [-0.2, -0.15) is 0 Å². The molecule has 0 saturated carbocycles. The highest BCUT2D eigenvalue weighted by molar-refractivity contribution is 6.05. The Morgan fingerprint density at radius 3 is 2.13 bits per heavy atom. The Hall–Kier alpha value is -4.98. The first-order valence-corrected chi connectivity index (χ1v) is 12.2. The van der Waals surface area contributed by atoms with Gasteiger partial charge < -0.3 is 29.3 Å². The van der Waals surface area contributed by atoms with Crippen LogP contribution in [0.4, 0.5) is 0 Å². The maximum absolute atomic E-state index is 13.3. The lowest BCUT2D eigenvalue weighted by atomic mass is 10.1. The highest BCUT2D eigenvalue weighted by Gasteiger charge is 2.18. The fourth-order valence-corrected chi connectivity index (χ4v) is 3.90. The summed E-state index contributed by atoms with van der Waals surface area (Å²) in [5, 5.41) is 5.56. The van der Waals surface area contributed by atoms with Gasteiger partial charge in [0.05, 0.1) is 21.3 Å². The molecular weight excluding hydrogens is 496 g/mol. The molecule has 200 valence electrons. The lowest BCUT2D eigenvalue weighted by Gasteiger charge is -2.15. The van der Waals surface area contributed by atoms with Gasteiger partial charge in [0.1, 0.15) is 17.2 Å².